The van der Waals surface area contributed by atoms with Crippen LogP contribution in [0.1, 0.15) is 49.9 Å². The fourth-order valence-electron chi connectivity index (χ4n) is 13.3. The Kier molecular flexibility index (Phi) is 9.15. The van der Waals surface area contributed by atoms with Crippen LogP contribution in [0.25, 0.3) is 121 Å². The molecular formula is C74H51NO2. The largest absolute Gasteiger partial charge is 0.456 e. The van der Waals surface area contributed by atoms with E-state index in [0.717, 1.165) is 66.5 Å². The fraction of sp³-hybridized carbons (Fsp3) is 0.0811. The minimum atomic E-state index is -0.273. The summed E-state index contributed by atoms with van der Waals surface area (Å²) < 4.78 is 13.1. The molecule has 0 saturated carbocycles. The zero-order chi connectivity index (χ0) is 51.3. The molecule has 0 saturated heterocycles. The highest BCUT2D eigenvalue weighted by atomic mass is 16.3. The molecule has 2 aliphatic carbocycles. The van der Waals surface area contributed by atoms with Crippen molar-refractivity contribution in [2.24, 2.45) is 0 Å². The molecule has 0 spiro atoms. The Balaban J connectivity index is 0.814. The summed E-state index contributed by atoms with van der Waals surface area (Å²) in [6.07, 6.45) is 0. The molecule has 2 aliphatic rings. The number of hydrogen-bond acceptors (Lipinski definition) is 3. The van der Waals surface area contributed by atoms with E-state index in [1.807, 2.05) is 12.1 Å². The second-order valence-electron chi connectivity index (χ2n) is 22.5. The molecule has 12 aromatic carbocycles. The van der Waals surface area contributed by atoms with Gasteiger partial charge in [-0.3, -0.25) is 0 Å². The van der Waals surface area contributed by atoms with Gasteiger partial charge in [-0.15, -0.1) is 0 Å². The van der Waals surface area contributed by atoms with E-state index >= 15 is 0 Å². The van der Waals surface area contributed by atoms with Gasteiger partial charge in [0.25, 0.3) is 0 Å². The van der Waals surface area contributed by atoms with Crippen LogP contribution < -0.4 is 4.90 Å². The van der Waals surface area contributed by atoms with Crippen molar-refractivity contribution < 1.29 is 8.83 Å². The van der Waals surface area contributed by atoms with Crippen LogP contribution in [0.5, 0.6) is 0 Å². The van der Waals surface area contributed by atoms with E-state index < -0.39 is 0 Å². The van der Waals surface area contributed by atoms with Crippen molar-refractivity contribution >= 4 is 82.5 Å². The van der Waals surface area contributed by atoms with Crippen LogP contribution >= 0.6 is 0 Å². The van der Waals surface area contributed by atoms with Crippen LogP contribution in [0, 0.1) is 0 Å². The zero-order valence-corrected chi connectivity index (χ0v) is 43.3. The van der Waals surface area contributed by atoms with Crippen molar-refractivity contribution in [2.45, 2.75) is 38.5 Å². The summed E-state index contributed by atoms with van der Waals surface area (Å²) in [5.74, 6) is 0. The summed E-state index contributed by atoms with van der Waals surface area (Å²) in [6, 6.07) is 87.4. The number of fused-ring (bicyclic) bond motifs is 14. The minimum absolute atomic E-state index is 0.251. The Labute approximate surface area is 446 Å². The summed E-state index contributed by atoms with van der Waals surface area (Å²) in [5.41, 5.74) is 23.9. The quantitative estimate of drug-likeness (QED) is 0.166. The molecule has 2 heterocycles. The van der Waals surface area contributed by atoms with Crippen LogP contribution in [0.3, 0.4) is 0 Å². The molecule has 0 N–H and O–H groups in total. The molecular weight excluding hydrogens is 935 g/mol. The van der Waals surface area contributed by atoms with Gasteiger partial charge in [-0.05, 0) is 190 Å². The number of anilines is 3. The topological polar surface area (TPSA) is 29.5 Å². The van der Waals surface area contributed by atoms with Crippen LogP contribution in [0.4, 0.5) is 17.1 Å². The highest BCUT2D eigenvalue weighted by Crippen LogP contribution is 2.55. The predicted molar refractivity (Wildman–Crippen MR) is 322 cm³/mol. The van der Waals surface area contributed by atoms with Gasteiger partial charge in [-0.25, -0.2) is 0 Å². The Bertz CT molecular complexity index is 4830. The highest BCUT2D eigenvalue weighted by molar-refractivity contribution is 6.08. The monoisotopic (exact) mass is 985 g/mol. The smallest absolute Gasteiger partial charge is 0.137 e. The van der Waals surface area contributed by atoms with E-state index in [1.165, 1.54) is 93.9 Å². The van der Waals surface area contributed by atoms with E-state index in [4.69, 9.17) is 8.83 Å². The summed E-state index contributed by atoms with van der Waals surface area (Å²) in [5, 5.41) is 9.47. The standard InChI is InChI=1S/C74H51NO2/c1-73(2)65-38-51(48-19-17-44-11-5-7-13-46(44)35-48)21-28-57(65)59-31-25-54(41-67(59)73)75(56-27-33-63-62-30-23-53(40-71(62)77-72(63)43-56)49-20-18-45-12-6-8-14-47(45)36-49)55-26-32-60-58-29-22-52(39-66(58)74(3,4)68(60)42-55)50-24-34-70-64(37-50)61-15-9-10-16-69(61)76-70/h5-43H,1-4H3. The molecule has 3 heteroatoms. The first-order chi connectivity index (χ1) is 37.6. The van der Waals surface area contributed by atoms with Gasteiger partial charge in [0.15, 0.2) is 0 Å². The van der Waals surface area contributed by atoms with Gasteiger partial charge < -0.3 is 13.7 Å². The lowest BCUT2D eigenvalue weighted by atomic mass is 9.81. The van der Waals surface area contributed by atoms with Crippen molar-refractivity contribution in [1.29, 1.82) is 0 Å². The average Bonchev–Trinajstić information content (AvgIpc) is 4.20. The molecule has 0 amide bonds. The zero-order valence-electron chi connectivity index (χ0n) is 43.3. The molecule has 77 heavy (non-hydrogen) atoms. The molecule has 2 aromatic heterocycles. The van der Waals surface area contributed by atoms with Crippen LogP contribution in [-0.4, -0.2) is 0 Å². The SMILES string of the molecule is CC1(C)c2cc(-c3ccc4ccccc4c3)ccc2-c2ccc(N(c3ccc4c(c3)C(C)(C)c3cc(-c5ccc6oc7ccccc7c6c5)ccc3-4)c3ccc4c(c3)oc3cc(-c5ccc6ccccc6c5)ccc34)cc21. The molecule has 0 atom stereocenters. The first-order valence-electron chi connectivity index (χ1n) is 26.9. The lowest BCUT2D eigenvalue weighted by Gasteiger charge is -2.29. The molecule has 364 valence electrons. The van der Waals surface area contributed by atoms with Gasteiger partial charge in [-0.2, -0.15) is 0 Å². The van der Waals surface area contributed by atoms with E-state index in [1.54, 1.807) is 0 Å². The minimum Gasteiger partial charge on any atom is -0.456 e. The maximum atomic E-state index is 6.89. The number of para-hydroxylation sites is 1. The second kappa shape index (κ2) is 16.0. The number of nitrogens with zero attached hydrogens (tertiary/aromatic N) is 1. The molecule has 0 bridgehead atoms. The number of hydrogen-bond donors (Lipinski definition) is 0. The fourth-order valence-corrected chi connectivity index (χ4v) is 13.3. The lowest BCUT2D eigenvalue weighted by Crippen LogP contribution is -2.18. The summed E-state index contributed by atoms with van der Waals surface area (Å²) in [6.45, 7) is 9.55. The van der Waals surface area contributed by atoms with E-state index in [0.29, 0.717) is 0 Å². The maximum Gasteiger partial charge on any atom is 0.137 e. The van der Waals surface area contributed by atoms with Gasteiger partial charge in [-0.1, -0.05) is 167 Å². The van der Waals surface area contributed by atoms with Crippen LogP contribution in [0.2, 0.25) is 0 Å². The van der Waals surface area contributed by atoms with Gasteiger partial charge >= 0.3 is 0 Å². The first-order valence-corrected chi connectivity index (χ1v) is 26.9. The molecule has 0 aliphatic heterocycles. The molecule has 0 radical (unpaired) electrons. The molecule has 0 fully saturated rings. The third-order valence-electron chi connectivity index (χ3n) is 17.4. The summed E-state index contributed by atoms with van der Waals surface area (Å²) in [7, 11) is 0. The van der Waals surface area contributed by atoms with Crippen molar-refractivity contribution in [1.82, 2.24) is 0 Å². The number of benzene rings is 12. The molecule has 3 nitrogen and oxygen atoms in total. The van der Waals surface area contributed by atoms with Crippen LogP contribution in [-0.2, 0) is 10.8 Å². The Morgan fingerprint density at radius 1 is 0.260 bits per heavy atom. The van der Waals surface area contributed by atoms with Crippen molar-refractivity contribution in [3.63, 3.8) is 0 Å². The first kappa shape index (κ1) is 43.9. The molecule has 16 rings (SSSR count). The third-order valence-corrected chi connectivity index (χ3v) is 17.4. The van der Waals surface area contributed by atoms with Crippen molar-refractivity contribution in [3.8, 4) is 55.6 Å². The van der Waals surface area contributed by atoms with Gasteiger partial charge in [0.1, 0.15) is 22.3 Å². The van der Waals surface area contributed by atoms with Gasteiger partial charge in [0, 0.05) is 55.5 Å². The average molecular weight is 986 g/mol. The normalized spacial score (nSPS) is 13.9. The molecule has 14 aromatic rings. The van der Waals surface area contributed by atoms with E-state index in [9.17, 15) is 0 Å². The van der Waals surface area contributed by atoms with Crippen molar-refractivity contribution in [2.75, 3.05) is 4.90 Å². The Hall–Kier alpha value is -9.44. The second-order valence-corrected chi connectivity index (χ2v) is 22.5. The number of furan rings is 2. The van der Waals surface area contributed by atoms with E-state index in [2.05, 4.69) is 257 Å². The number of rotatable bonds is 6. The Morgan fingerprint density at radius 3 is 1.25 bits per heavy atom. The third kappa shape index (κ3) is 6.63. The van der Waals surface area contributed by atoms with Crippen molar-refractivity contribution in [3.05, 3.63) is 259 Å². The van der Waals surface area contributed by atoms with Gasteiger partial charge in [0.2, 0.25) is 0 Å². The highest BCUT2D eigenvalue weighted by Gasteiger charge is 2.38. The van der Waals surface area contributed by atoms with Gasteiger partial charge in [0.05, 0.1) is 0 Å². The predicted octanol–water partition coefficient (Wildman–Crippen LogP) is 20.9. The summed E-state index contributed by atoms with van der Waals surface area (Å²) >= 11 is 0. The lowest BCUT2D eigenvalue weighted by molar-refractivity contribution is 0.660. The maximum absolute atomic E-state index is 6.89. The van der Waals surface area contributed by atoms with E-state index in [-0.39, 0.29) is 10.8 Å². The molecule has 0 unspecified atom stereocenters. The van der Waals surface area contributed by atoms with Crippen LogP contribution in [0.15, 0.2) is 245 Å². The Morgan fingerprint density at radius 2 is 0.636 bits per heavy atom. The summed E-state index contributed by atoms with van der Waals surface area (Å²) in [4.78, 5) is 2.45.